The topological polar surface area (TPSA) is 9.23 Å². The molecule has 1 radical (unpaired) electrons. The van der Waals surface area contributed by atoms with Crippen LogP contribution in [-0.4, -0.2) is 20.3 Å². The van der Waals surface area contributed by atoms with Gasteiger partial charge in [0.05, 0.1) is 6.61 Å². The fraction of sp³-hybridized carbons (Fsp3) is 0.333. The fourth-order valence-electron chi connectivity index (χ4n) is 1.04. The van der Waals surface area contributed by atoms with Gasteiger partial charge in [-0.25, -0.2) is 0 Å². The first-order chi connectivity index (χ1) is 5.79. The molecule has 0 amide bonds. The third-order valence-electron chi connectivity index (χ3n) is 1.64. The predicted molar refractivity (Wildman–Crippen MR) is 56.2 cm³/mol. The summed E-state index contributed by atoms with van der Waals surface area (Å²) < 4.78 is 5.17. The van der Waals surface area contributed by atoms with Gasteiger partial charge in [-0.3, -0.25) is 0 Å². The molecule has 63 valence electrons. The van der Waals surface area contributed by atoms with Crippen LogP contribution in [0.25, 0.3) is 0 Å². The van der Waals surface area contributed by atoms with Crippen molar-refractivity contribution < 1.29 is 4.65 Å². The lowest BCUT2D eigenvalue weighted by atomic mass is 9.85. The van der Waals surface area contributed by atoms with Gasteiger partial charge in [0.2, 0.25) is 0 Å². The van der Waals surface area contributed by atoms with Crippen molar-refractivity contribution in [2.24, 2.45) is 0 Å². The van der Waals surface area contributed by atoms with Crippen LogP contribution < -0.4 is 0 Å². The number of thioether (sulfide) groups is 1. The Morgan fingerprint density at radius 2 is 2.50 bits per heavy atom. The zero-order chi connectivity index (χ0) is 8.97. The first-order valence-electron chi connectivity index (χ1n) is 3.83. The van der Waals surface area contributed by atoms with Crippen molar-refractivity contribution in [2.75, 3.05) is 12.9 Å². The molecule has 1 rings (SSSR count). The quantitative estimate of drug-likeness (QED) is 0.601. The third-order valence-corrected chi connectivity index (χ3v) is 2.44. The minimum absolute atomic E-state index is 0.636. The maximum Gasteiger partial charge on any atom is 0.331 e. The Bertz CT molecular complexity index is 243. The van der Waals surface area contributed by atoms with Gasteiger partial charge in [-0.1, -0.05) is 18.7 Å². The molecule has 1 aliphatic heterocycles. The van der Waals surface area contributed by atoms with Gasteiger partial charge in [0.25, 0.3) is 0 Å². The van der Waals surface area contributed by atoms with Crippen LogP contribution in [0, 0.1) is 0 Å². The zero-order valence-corrected chi connectivity index (χ0v) is 8.28. The van der Waals surface area contributed by atoms with Gasteiger partial charge in [0, 0.05) is 4.91 Å². The molecule has 1 heterocycles. The van der Waals surface area contributed by atoms with Crippen LogP contribution in [0.5, 0.6) is 0 Å². The number of hydrogen-bond acceptors (Lipinski definition) is 2. The summed E-state index contributed by atoms with van der Waals surface area (Å²) in [5.74, 6) is 0. The van der Waals surface area contributed by atoms with Crippen molar-refractivity contribution >= 4 is 19.2 Å². The Hall–Kier alpha value is -0.405. The van der Waals surface area contributed by atoms with E-state index in [9.17, 15) is 0 Å². The predicted octanol–water partition coefficient (Wildman–Crippen LogP) is 2.34. The Balaban J connectivity index is 2.90. The van der Waals surface area contributed by atoms with Gasteiger partial charge in [-0.05, 0) is 24.2 Å². The molecule has 0 aromatic heterocycles. The van der Waals surface area contributed by atoms with E-state index in [1.54, 1.807) is 19.2 Å². The minimum Gasteiger partial charge on any atom is -0.430 e. The molecule has 1 saturated heterocycles. The summed E-state index contributed by atoms with van der Waals surface area (Å²) in [6, 6.07) is 0. The Morgan fingerprint density at radius 3 is 2.92 bits per heavy atom. The van der Waals surface area contributed by atoms with Gasteiger partial charge < -0.3 is 4.65 Å². The second-order valence-corrected chi connectivity index (χ2v) is 3.36. The van der Waals surface area contributed by atoms with E-state index >= 15 is 0 Å². The Morgan fingerprint density at radius 1 is 1.75 bits per heavy atom. The van der Waals surface area contributed by atoms with E-state index < -0.39 is 0 Å². The second-order valence-electron chi connectivity index (χ2n) is 2.51. The van der Waals surface area contributed by atoms with E-state index in [1.807, 2.05) is 13.0 Å². The fourth-order valence-corrected chi connectivity index (χ4v) is 1.72. The van der Waals surface area contributed by atoms with Gasteiger partial charge in [-0.15, -0.1) is 11.8 Å². The Kier molecular flexibility index (Phi) is 3.69. The largest absolute Gasteiger partial charge is 0.430 e. The smallest absolute Gasteiger partial charge is 0.331 e. The van der Waals surface area contributed by atoms with E-state index in [4.69, 9.17) is 4.65 Å². The van der Waals surface area contributed by atoms with Gasteiger partial charge in [-0.2, -0.15) is 0 Å². The van der Waals surface area contributed by atoms with Crippen molar-refractivity contribution in [1.82, 2.24) is 0 Å². The van der Waals surface area contributed by atoms with Crippen molar-refractivity contribution in [3.8, 4) is 0 Å². The third kappa shape index (κ3) is 2.05. The lowest BCUT2D eigenvalue weighted by Gasteiger charge is -2.01. The monoisotopic (exact) mass is 179 g/mol. The van der Waals surface area contributed by atoms with E-state index in [-0.39, 0.29) is 0 Å². The summed E-state index contributed by atoms with van der Waals surface area (Å²) in [5.41, 5.74) is 2.21. The summed E-state index contributed by atoms with van der Waals surface area (Å²) in [5, 5.41) is 0. The van der Waals surface area contributed by atoms with Crippen LogP contribution in [0.1, 0.15) is 6.92 Å². The SMILES string of the molecule is C=C1CO[B]/C1=C(/C=C\C)SC. The maximum absolute atomic E-state index is 5.17. The standard InChI is InChI=1S/C9H12BOS/c1-4-5-8(12-3)9-7(2)6-11-10-9/h4-5H,2,6H2,1,3H3/b5-4-,9-8-. The van der Waals surface area contributed by atoms with E-state index in [1.165, 1.54) is 4.91 Å². The zero-order valence-electron chi connectivity index (χ0n) is 7.46. The summed E-state index contributed by atoms with van der Waals surface area (Å²) in [4.78, 5) is 1.22. The highest BCUT2D eigenvalue weighted by atomic mass is 32.2. The lowest BCUT2D eigenvalue weighted by Crippen LogP contribution is -1.91. The minimum atomic E-state index is 0.636. The second kappa shape index (κ2) is 4.58. The van der Waals surface area contributed by atoms with Crippen LogP contribution in [0.2, 0.25) is 0 Å². The number of allylic oxidation sites excluding steroid dienone is 2. The van der Waals surface area contributed by atoms with Crippen LogP contribution in [-0.2, 0) is 4.65 Å². The van der Waals surface area contributed by atoms with Crippen LogP contribution in [0.15, 0.2) is 34.7 Å². The molecule has 1 fully saturated rings. The van der Waals surface area contributed by atoms with E-state index in [0.29, 0.717) is 6.61 Å². The van der Waals surface area contributed by atoms with Crippen LogP contribution >= 0.6 is 11.8 Å². The first-order valence-corrected chi connectivity index (χ1v) is 5.06. The van der Waals surface area contributed by atoms with Crippen molar-refractivity contribution in [1.29, 1.82) is 0 Å². The highest BCUT2D eigenvalue weighted by Gasteiger charge is 2.17. The highest BCUT2D eigenvalue weighted by molar-refractivity contribution is 8.02. The summed E-state index contributed by atoms with van der Waals surface area (Å²) >= 11 is 1.72. The van der Waals surface area contributed by atoms with Crippen molar-refractivity contribution in [2.45, 2.75) is 6.92 Å². The molecule has 0 spiro atoms. The molecule has 3 heteroatoms. The Labute approximate surface area is 78.8 Å². The highest BCUT2D eigenvalue weighted by Crippen LogP contribution is 2.26. The molecule has 12 heavy (non-hydrogen) atoms. The van der Waals surface area contributed by atoms with Gasteiger partial charge in [0.15, 0.2) is 0 Å². The van der Waals surface area contributed by atoms with Crippen LogP contribution in [0.4, 0.5) is 0 Å². The molecule has 1 aliphatic rings. The van der Waals surface area contributed by atoms with Gasteiger partial charge in [0.1, 0.15) is 0 Å². The normalized spacial score (nSPS) is 21.7. The first kappa shape index (κ1) is 9.68. The summed E-state index contributed by atoms with van der Waals surface area (Å²) in [6.45, 7) is 6.57. The van der Waals surface area contributed by atoms with Gasteiger partial charge >= 0.3 is 7.48 Å². The molecule has 0 aromatic carbocycles. The molecular weight excluding hydrogens is 167 g/mol. The van der Waals surface area contributed by atoms with E-state index in [0.717, 1.165) is 11.0 Å². The average Bonchev–Trinajstić information content (AvgIpc) is 2.47. The molecular formula is C9H12BOS. The molecule has 1 nitrogen and oxygen atoms in total. The molecule has 0 aromatic rings. The van der Waals surface area contributed by atoms with Crippen molar-refractivity contribution in [3.63, 3.8) is 0 Å². The van der Waals surface area contributed by atoms with Crippen molar-refractivity contribution in [3.05, 3.63) is 34.7 Å². The molecule has 0 saturated carbocycles. The summed E-state index contributed by atoms with van der Waals surface area (Å²) in [7, 11) is 1.79. The van der Waals surface area contributed by atoms with Crippen LogP contribution in [0.3, 0.4) is 0 Å². The molecule has 0 aliphatic carbocycles. The number of rotatable bonds is 2. The molecule has 0 unspecified atom stereocenters. The average molecular weight is 179 g/mol. The number of hydrogen-bond donors (Lipinski definition) is 0. The van der Waals surface area contributed by atoms with E-state index in [2.05, 4.69) is 18.9 Å². The molecule has 0 N–H and O–H groups in total. The lowest BCUT2D eigenvalue weighted by molar-refractivity contribution is 0.402. The summed E-state index contributed by atoms with van der Waals surface area (Å²) in [6.07, 6.45) is 6.16. The molecule has 0 atom stereocenters. The molecule has 0 bridgehead atoms. The maximum atomic E-state index is 5.17.